The third-order valence-electron chi connectivity index (χ3n) is 2.59. The number of aliphatic hydroxyl groups is 3. The van der Waals surface area contributed by atoms with Crippen LogP contribution in [0, 0.1) is 0 Å². The molecule has 4 nitrogen and oxygen atoms in total. The molecule has 1 rings (SSSR count). The maximum atomic E-state index is 9.35. The molecule has 1 saturated heterocycles. The van der Waals surface area contributed by atoms with Gasteiger partial charge in [0.15, 0.2) is 0 Å². The largest absolute Gasteiger partial charge is 0.395 e. The van der Waals surface area contributed by atoms with Crippen LogP contribution in [0.2, 0.25) is 0 Å². The summed E-state index contributed by atoms with van der Waals surface area (Å²) in [6, 6.07) is -0.401. The predicted molar refractivity (Wildman–Crippen MR) is 40.1 cm³/mol. The molecule has 0 aromatic rings. The summed E-state index contributed by atoms with van der Waals surface area (Å²) in [5, 5.41) is 27.5. The van der Waals surface area contributed by atoms with Crippen molar-refractivity contribution in [2.75, 3.05) is 13.7 Å². The normalized spacial score (nSPS) is 46.6. The molecule has 1 aliphatic heterocycles. The van der Waals surface area contributed by atoms with E-state index in [0.717, 1.165) is 0 Å². The van der Waals surface area contributed by atoms with Gasteiger partial charge >= 0.3 is 0 Å². The van der Waals surface area contributed by atoms with Gasteiger partial charge in [0.05, 0.1) is 24.9 Å². The van der Waals surface area contributed by atoms with E-state index in [9.17, 15) is 10.2 Å². The molecule has 0 aromatic heterocycles. The summed E-state index contributed by atoms with van der Waals surface area (Å²) in [5.74, 6) is 0. The lowest BCUT2D eigenvalue weighted by Crippen LogP contribution is -2.37. The molecule has 66 valence electrons. The second kappa shape index (κ2) is 3.06. The maximum absolute atomic E-state index is 9.35. The number of hydrogen-bond acceptors (Lipinski definition) is 4. The Morgan fingerprint density at radius 1 is 1.27 bits per heavy atom. The minimum atomic E-state index is -0.819. The van der Waals surface area contributed by atoms with Crippen LogP contribution in [0.3, 0.4) is 0 Å². The molecule has 3 N–H and O–H groups in total. The number of hydrogen-bond donors (Lipinski definition) is 3. The van der Waals surface area contributed by atoms with Crippen LogP contribution in [0.5, 0.6) is 0 Å². The number of rotatable bonds is 1. The van der Waals surface area contributed by atoms with Crippen molar-refractivity contribution in [3.05, 3.63) is 0 Å². The second-order valence-corrected chi connectivity index (χ2v) is 3.14. The third kappa shape index (κ3) is 1.27. The Bertz CT molecular complexity index is 128. The fraction of sp³-hybridized carbons (Fsp3) is 1.00. The second-order valence-electron chi connectivity index (χ2n) is 3.14. The lowest BCUT2D eigenvalue weighted by atomic mass is 10.1. The average molecular weight is 161 g/mol. The molecule has 0 spiro atoms. The van der Waals surface area contributed by atoms with Crippen molar-refractivity contribution >= 4 is 0 Å². The molecule has 0 radical (unpaired) electrons. The Morgan fingerprint density at radius 3 is 2.00 bits per heavy atom. The Hall–Kier alpha value is -0.160. The molecule has 0 aliphatic carbocycles. The molecule has 1 aliphatic rings. The first-order valence-corrected chi connectivity index (χ1v) is 3.78. The quantitative estimate of drug-likeness (QED) is 0.433. The summed E-state index contributed by atoms with van der Waals surface area (Å²) in [5.41, 5.74) is 0. The van der Waals surface area contributed by atoms with Gasteiger partial charge in [-0.15, -0.1) is 0 Å². The van der Waals surface area contributed by atoms with Crippen molar-refractivity contribution in [2.24, 2.45) is 0 Å². The SMILES string of the molecule is C[C@@H]1[C@@H](O)[C@@H](O)[C@@H](CO)N1C. The molecule has 11 heavy (non-hydrogen) atoms. The molecule has 0 saturated carbocycles. The molecule has 0 unspecified atom stereocenters. The highest BCUT2D eigenvalue weighted by molar-refractivity contribution is 4.96. The minimum absolute atomic E-state index is 0.0813. The summed E-state index contributed by atoms with van der Waals surface area (Å²) in [7, 11) is 1.78. The number of likely N-dealkylation sites (N-methyl/N-ethyl adjacent to an activating group) is 1. The molecule has 1 heterocycles. The van der Waals surface area contributed by atoms with Crippen molar-refractivity contribution in [1.82, 2.24) is 4.90 Å². The Kier molecular flexibility index (Phi) is 2.49. The molecule has 0 amide bonds. The third-order valence-corrected chi connectivity index (χ3v) is 2.59. The van der Waals surface area contributed by atoms with Crippen LogP contribution in [0.15, 0.2) is 0 Å². The molecule has 0 aromatic carbocycles. The summed E-state index contributed by atoms with van der Waals surface area (Å²) in [6.07, 6.45) is -1.56. The molecular formula is C7H15NO3. The zero-order chi connectivity index (χ0) is 8.59. The van der Waals surface area contributed by atoms with Crippen molar-refractivity contribution < 1.29 is 15.3 Å². The van der Waals surface area contributed by atoms with Gasteiger partial charge in [-0.2, -0.15) is 0 Å². The van der Waals surface area contributed by atoms with E-state index < -0.39 is 12.2 Å². The zero-order valence-electron chi connectivity index (χ0n) is 6.81. The van der Waals surface area contributed by atoms with E-state index in [0.29, 0.717) is 0 Å². The van der Waals surface area contributed by atoms with Crippen molar-refractivity contribution in [2.45, 2.75) is 31.2 Å². The average Bonchev–Trinajstić information content (AvgIpc) is 2.17. The highest BCUT2D eigenvalue weighted by Gasteiger charge is 2.42. The molecule has 0 bridgehead atoms. The fourth-order valence-electron chi connectivity index (χ4n) is 1.53. The van der Waals surface area contributed by atoms with Crippen LogP contribution in [0.1, 0.15) is 6.92 Å². The smallest absolute Gasteiger partial charge is 0.0991 e. The predicted octanol–water partition coefficient (Wildman–Crippen LogP) is -1.60. The van der Waals surface area contributed by atoms with Gasteiger partial charge in [0.25, 0.3) is 0 Å². The van der Waals surface area contributed by atoms with Crippen molar-refractivity contribution in [3.63, 3.8) is 0 Å². The van der Waals surface area contributed by atoms with Gasteiger partial charge < -0.3 is 15.3 Å². The van der Waals surface area contributed by atoms with Gasteiger partial charge in [0.2, 0.25) is 0 Å². The molecular weight excluding hydrogens is 146 g/mol. The monoisotopic (exact) mass is 161 g/mol. The first kappa shape index (κ1) is 8.93. The van der Waals surface area contributed by atoms with E-state index in [1.807, 2.05) is 6.92 Å². The van der Waals surface area contributed by atoms with Gasteiger partial charge in [0.1, 0.15) is 0 Å². The maximum Gasteiger partial charge on any atom is 0.0991 e. The summed E-state index contributed by atoms with van der Waals surface area (Å²) in [6.45, 7) is 1.71. The minimum Gasteiger partial charge on any atom is -0.395 e. The zero-order valence-corrected chi connectivity index (χ0v) is 6.81. The number of nitrogens with zero attached hydrogens (tertiary/aromatic N) is 1. The summed E-state index contributed by atoms with van der Waals surface area (Å²) < 4.78 is 0. The van der Waals surface area contributed by atoms with Crippen molar-refractivity contribution in [1.29, 1.82) is 0 Å². The van der Waals surface area contributed by atoms with Crippen LogP contribution in [-0.4, -0.2) is 58.2 Å². The Labute approximate surface area is 66.1 Å². The lowest BCUT2D eigenvalue weighted by Gasteiger charge is -2.21. The van der Waals surface area contributed by atoms with Crippen molar-refractivity contribution in [3.8, 4) is 0 Å². The van der Waals surface area contributed by atoms with E-state index in [1.54, 1.807) is 11.9 Å². The first-order valence-electron chi connectivity index (χ1n) is 3.78. The van der Waals surface area contributed by atoms with Crippen LogP contribution in [0.4, 0.5) is 0 Å². The van der Waals surface area contributed by atoms with E-state index in [-0.39, 0.29) is 18.7 Å². The van der Waals surface area contributed by atoms with Crippen LogP contribution < -0.4 is 0 Å². The highest BCUT2D eigenvalue weighted by atomic mass is 16.3. The highest BCUT2D eigenvalue weighted by Crippen LogP contribution is 2.22. The van der Waals surface area contributed by atoms with Gasteiger partial charge in [-0.1, -0.05) is 0 Å². The molecule has 4 atom stereocenters. The van der Waals surface area contributed by atoms with Crippen LogP contribution >= 0.6 is 0 Å². The van der Waals surface area contributed by atoms with E-state index >= 15 is 0 Å². The van der Waals surface area contributed by atoms with E-state index in [2.05, 4.69) is 0 Å². The van der Waals surface area contributed by atoms with Crippen LogP contribution in [-0.2, 0) is 0 Å². The topological polar surface area (TPSA) is 63.9 Å². The number of aliphatic hydroxyl groups excluding tert-OH is 3. The first-order chi connectivity index (χ1) is 5.09. The fourth-order valence-corrected chi connectivity index (χ4v) is 1.53. The molecule has 4 heteroatoms. The van der Waals surface area contributed by atoms with Gasteiger partial charge in [-0.25, -0.2) is 0 Å². The van der Waals surface area contributed by atoms with E-state index in [4.69, 9.17) is 5.11 Å². The van der Waals surface area contributed by atoms with Crippen LogP contribution in [0.25, 0.3) is 0 Å². The van der Waals surface area contributed by atoms with Gasteiger partial charge in [-0.3, -0.25) is 4.90 Å². The van der Waals surface area contributed by atoms with Gasteiger partial charge in [-0.05, 0) is 14.0 Å². The lowest BCUT2D eigenvalue weighted by molar-refractivity contribution is 0.0197. The summed E-state index contributed by atoms with van der Waals surface area (Å²) in [4.78, 5) is 1.79. The standard InChI is InChI=1S/C7H15NO3/c1-4-6(10)7(11)5(3-9)8(4)2/h4-7,9-11H,3H2,1-2H3/t4-,5-,6-,7+/m1/s1. The summed E-state index contributed by atoms with van der Waals surface area (Å²) >= 11 is 0. The number of likely N-dealkylation sites (tertiary alicyclic amines) is 1. The van der Waals surface area contributed by atoms with E-state index in [1.165, 1.54) is 0 Å². The van der Waals surface area contributed by atoms with Gasteiger partial charge in [0, 0.05) is 6.04 Å². The molecule has 1 fully saturated rings. The Morgan fingerprint density at radius 2 is 1.82 bits per heavy atom. The Balaban J connectivity index is 2.69.